The molecule has 2 amide bonds. The molecule has 5 nitrogen and oxygen atoms in total. The van der Waals surface area contributed by atoms with Crippen LogP contribution in [0.5, 0.6) is 0 Å². The minimum Gasteiger partial charge on any atom is -0.355 e. The van der Waals surface area contributed by atoms with E-state index in [1.54, 1.807) is 0 Å². The Labute approximate surface area is 122 Å². The average molecular weight is 351 g/mol. The second kappa shape index (κ2) is 6.96. The summed E-state index contributed by atoms with van der Waals surface area (Å²) in [6.45, 7) is 0.989. The fourth-order valence-electron chi connectivity index (χ4n) is 1.69. The number of nitrogens with one attached hydrogen (secondary N) is 2. The van der Waals surface area contributed by atoms with Crippen LogP contribution in [-0.2, 0) is 9.47 Å². The lowest BCUT2D eigenvalue weighted by atomic mass is 10.2. The molecular weight excluding hydrogens is 338 g/mol. The molecule has 1 aliphatic heterocycles. The number of carbonyl (C=O) groups excluding carboxylic acids is 1. The van der Waals surface area contributed by atoms with Crippen LogP contribution >= 0.6 is 15.9 Å². The van der Waals surface area contributed by atoms with Crippen molar-refractivity contribution >= 4 is 27.6 Å². The average Bonchev–Trinajstić information content (AvgIpc) is 2.42. The van der Waals surface area contributed by atoms with Crippen molar-refractivity contribution in [2.24, 2.45) is 0 Å². The van der Waals surface area contributed by atoms with Crippen LogP contribution < -0.4 is 10.6 Å². The molecular formula is C12H13BrF2N2O3. The highest BCUT2D eigenvalue weighted by Gasteiger charge is 2.17. The molecule has 0 aliphatic carbocycles. The number of benzene rings is 1. The molecule has 20 heavy (non-hydrogen) atoms. The standard InChI is InChI=1S/C12H13BrF2N2O3/c13-7-3-9(14)11(10(15)4-7)17-12(18)16-5-8-1-2-19-6-20-8/h3-4,8H,1-2,5-6H2,(H2,16,17,18)/t8-/m1/s1. The Hall–Kier alpha value is -1.25. The number of ether oxygens (including phenoxy) is 2. The lowest BCUT2D eigenvalue weighted by Gasteiger charge is -2.23. The van der Waals surface area contributed by atoms with Crippen molar-refractivity contribution in [1.29, 1.82) is 0 Å². The van der Waals surface area contributed by atoms with Gasteiger partial charge in [0.25, 0.3) is 0 Å². The summed E-state index contributed by atoms with van der Waals surface area (Å²) in [6.07, 6.45) is 0.496. The summed E-state index contributed by atoms with van der Waals surface area (Å²) in [5.74, 6) is -1.70. The first-order valence-corrected chi connectivity index (χ1v) is 6.74. The summed E-state index contributed by atoms with van der Waals surface area (Å²) < 4.78 is 37.5. The number of hydrogen-bond donors (Lipinski definition) is 2. The van der Waals surface area contributed by atoms with Gasteiger partial charge in [-0.05, 0) is 18.6 Å². The van der Waals surface area contributed by atoms with E-state index in [1.807, 2.05) is 0 Å². The van der Waals surface area contributed by atoms with E-state index >= 15 is 0 Å². The van der Waals surface area contributed by atoms with Gasteiger partial charge in [-0.2, -0.15) is 0 Å². The van der Waals surface area contributed by atoms with Crippen LogP contribution in [0.15, 0.2) is 16.6 Å². The molecule has 0 aromatic heterocycles. The zero-order valence-corrected chi connectivity index (χ0v) is 12.0. The van der Waals surface area contributed by atoms with E-state index in [4.69, 9.17) is 9.47 Å². The van der Waals surface area contributed by atoms with Crippen LogP contribution in [-0.4, -0.2) is 32.1 Å². The van der Waals surface area contributed by atoms with Crippen molar-refractivity contribution < 1.29 is 23.0 Å². The lowest BCUT2D eigenvalue weighted by molar-refractivity contribution is -0.136. The third-order valence-electron chi connectivity index (χ3n) is 2.71. The molecule has 8 heteroatoms. The minimum atomic E-state index is -0.852. The van der Waals surface area contributed by atoms with E-state index in [9.17, 15) is 13.6 Å². The van der Waals surface area contributed by atoms with Crippen LogP contribution in [0.3, 0.4) is 0 Å². The number of rotatable bonds is 3. The second-order valence-corrected chi connectivity index (χ2v) is 5.10. The molecule has 1 heterocycles. The lowest BCUT2D eigenvalue weighted by Crippen LogP contribution is -2.39. The molecule has 1 aliphatic rings. The molecule has 1 saturated heterocycles. The molecule has 1 fully saturated rings. The second-order valence-electron chi connectivity index (χ2n) is 4.18. The Morgan fingerprint density at radius 2 is 2.10 bits per heavy atom. The normalized spacial score (nSPS) is 18.6. The van der Waals surface area contributed by atoms with Crippen molar-refractivity contribution in [2.45, 2.75) is 12.5 Å². The molecule has 1 atom stereocenters. The first kappa shape index (κ1) is 15.1. The number of hydrogen-bond acceptors (Lipinski definition) is 3. The fourth-order valence-corrected chi connectivity index (χ4v) is 2.09. The largest absolute Gasteiger partial charge is 0.355 e. The Balaban J connectivity index is 1.88. The molecule has 0 unspecified atom stereocenters. The quantitative estimate of drug-likeness (QED) is 0.880. The SMILES string of the molecule is O=C(NC[C@H]1CCOCO1)Nc1c(F)cc(Br)cc1F. The van der Waals surface area contributed by atoms with Gasteiger partial charge in [0, 0.05) is 11.0 Å². The van der Waals surface area contributed by atoms with Crippen LogP contribution in [0.1, 0.15) is 6.42 Å². The maximum Gasteiger partial charge on any atom is 0.319 e. The molecule has 0 spiro atoms. The first-order chi connectivity index (χ1) is 9.56. The van der Waals surface area contributed by atoms with Crippen molar-refractivity contribution in [3.05, 3.63) is 28.2 Å². The van der Waals surface area contributed by atoms with Gasteiger partial charge < -0.3 is 20.1 Å². The topological polar surface area (TPSA) is 59.6 Å². The van der Waals surface area contributed by atoms with E-state index in [0.717, 1.165) is 12.1 Å². The highest BCUT2D eigenvalue weighted by molar-refractivity contribution is 9.10. The Kier molecular flexibility index (Phi) is 5.27. The van der Waals surface area contributed by atoms with Crippen molar-refractivity contribution in [3.63, 3.8) is 0 Å². The van der Waals surface area contributed by atoms with Gasteiger partial charge in [-0.3, -0.25) is 0 Å². The van der Waals surface area contributed by atoms with Gasteiger partial charge in [0.1, 0.15) is 12.5 Å². The smallest absolute Gasteiger partial charge is 0.319 e. The number of urea groups is 1. The summed E-state index contributed by atoms with van der Waals surface area (Å²) >= 11 is 2.96. The third-order valence-corrected chi connectivity index (χ3v) is 3.16. The Morgan fingerprint density at radius 1 is 1.40 bits per heavy atom. The Bertz CT molecular complexity index is 473. The Morgan fingerprint density at radius 3 is 2.70 bits per heavy atom. The van der Waals surface area contributed by atoms with Gasteiger partial charge >= 0.3 is 6.03 Å². The third kappa shape index (κ3) is 4.12. The summed E-state index contributed by atoms with van der Waals surface area (Å²) in [5, 5.41) is 4.63. The van der Waals surface area contributed by atoms with E-state index in [1.165, 1.54) is 0 Å². The van der Waals surface area contributed by atoms with Gasteiger partial charge in [0.05, 0.1) is 12.7 Å². The minimum absolute atomic E-state index is 0.158. The van der Waals surface area contributed by atoms with Crippen LogP contribution in [0, 0.1) is 11.6 Å². The van der Waals surface area contributed by atoms with Gasteiger partial charge in [0.2, 0.25) is 0 Å². The summed E-state index contributed by atoms with van der Waals surface area (Å²) in [6, 6.07) is 1.45. The fraction of sp³-hybridized carbons (Fsp3) is 0.417. The number of amides is 2. The van der Waals surface area contributed by atoms with Crippen molar-refractivity contribution in [1.82, 2.24) is 5.32 Å². The molecule has 0 bridgehead atoms. The molecule has 110 valence electrons. The van der Waals surface area contributed by atoms with Gasteiger partial charge in [0.15, 0.2) is 11.6 Å². The summed E-state index contributed by atoms with van der Waals surface area (Å²) in [7, 11) is 0. The molecule has 2 N–H and O–H groups in total. The maximum absolute atomic E-state index is 13.5. The summed E-state index contributed by atoms with van der Waals surface area (Å²) in [4.78, 5) is 11.6. The van der Waals surface area contributed by atoms with E-state index in [0.29, 0.717) is 13.0 Å². The predicted molar refractivity (Wildman–Crippen MR) is 71.4 cm³/mol. The molecule has 1 aromatic rings. The van der Waals surface area contributed by atoms with E-state index < -0.39 is 23.4 Å². The van der Waals surface area contributed by atoms with Gasteiger partial charge in [-0.1, -0.05) is 15.9 Å². The molecule has 2 rings (SSSR count). The molecule has 1 aromatic carbocycles. The van der Waals surface area contributed by atoms with E-state index in [-0.39, 0.29) is 23.9 Å². The van der Waals surface area contributed by atoms with Gasteiger partial charge in [-0.15, -0.1) is 0 Å². The zero-order chi connectivity index (χ0) is 14.5. The van der Waals surface area contributed by atoms with Crippen LogP contribution in [0.2, 0.25) is 0 Å². The highest BCUT2D eigenvalue weighted by atomic mass is 79.9. The van der Waals surface area contributed by atoms with Crippen LogP contribution in [0.4, 0.5) is 19.3 Å². The monoisotopic (exact) mass is 350 g/mol. The zero-order valence-electron chi connectivity index (χ0n) is 10.4. The van der Waals surface area contributed by atoms with Crippen molar-refractivity contribution in [3.8, 4) is 0 Å². The first-order valence-electron chi connectivity index (χ1n) is 5.95. The van der Waals surface area contributed by atoms with Gasteiger partial charge in [-0.25, -0.2) is 13.6 Å². The van der Waals surface area contributed by atoms with E-state index in [2.05, 4.69) is 26.6 Å². The number of halogens is 3. The number of anilines is 1. The maximum atomic E-state index is 13.5. The molecule has 0 saturated carbocycles. The predicted octanol–water partition coefficient (Wildman–Crippen LogP) is 2.61. The highest BCUT2D eigenvalue weighted by Crippen LogP contribution is 2.23. The van der Waals surface area contributed by atoms with Crippen molar-refractivity contribution in [2.75, 3.05) is 25.3 Å². The molecule has 0 radical (unpaired) electrons. The summed E-state index contributed by atoms with van der Waals surface area (Å²) in [5.41, 5.74) is -0.487. The number of carbonyl (C=O) groups is 1. The van der Waals surface area contributed by atoms with Crippen LogP contribution in [0.25, 0.3) is 0 Å².